The van der Waals surface area contributed by atoms with E-state index in [9.17, 15) is 4.79 Å². The second kappa shape index (κ2) is 8.57. The van der Waals surface area contributed by atoms with E-state index in [1.165, 1.54) is 0 Å². The second-order valence-electron chi connectivity index (χ2n) is 5.43. The average Bonchev–Trinajstić information content (AvgIpc) is 2.60. The second-order valence-corrected chi connectivity index (χ2v) is 5.84. The molecule has 2 unspecified atom stereocenters. The van der Waals surface area contributed by atoms with Crippen molar-refractivity contribution < 1.29 is 14.6 Å². The lowest BCUT2D eigenvalue weighted by Crippen LogP contribution is -2.44. The number of benzene rings is 2. The number of carbonyl (C=O) groups is 1. The Bertz CT molecular complexity index is 693. The summed E-state index contributed by atoms with van der Waals surface area (Å²) in [5.74, 6) is 0.690. The van der Waals surface area contributed by atoms with E-state index in [-0.39, 0.29) is 18.7 Å². The number of carbonyl (C=O) groups excluding carboxylic acids is 1. The van der Waals surface area contributed by atoms with E-state index in [2.05, 4.69) is 10.6 Å². The van der Waals surface area contributed by atoms with Crippen LogP contribution in [0, 0.1) is 0 Å². The first-order valence-corrected chi connectivity index (χ1v) is 7.99. The molecule has 2 atom stereocenters. The Morgan fingerprint density at radius 2 is 1.96 bits per heavy atom. The van der Waals surface area contributed by atoms with Gasteiger partial charge < -0.3 is 20.5 Å². The summed E-state index contributed by atoms with van der Waals surface area (Å²) in [5.41, 5.74) is 1.62. The standard InChI is InChI=1S/C18H21ClN2O3/c1-12(11-22)20-18(23)21-17(15-8-3-4-9-16(15)19)13-6-5-7-14(10-13)24-2/h3-10,12,17,22H,11H2,1-2H3,(H2,20,21,23). The van der Waals surface area contributed by atoms with Crippen LogP contribution >= 0.6 is 11.6 Å². The summed E-state index contributed by atoms with van der Waals surface area (Å²) in [6.45, 7) is 1.58. The number of aliphatic hydroxyl groups excluding tert-OH is 1. The minimum Gasteiger partial charge on any atom is -0.497 e. The lowest BCUT2D eigenvalue weighted by Gasteiger charge is -2.22. The molecule has 6 heteroatoms. The van der Waals surface area contributed by atoms with Crippen LogP contribution in [0.15, 0.2) is 48.5 Å². The molecule has 0 aliphatic heterocycles. The van der Waals surface area contributed by atoms with Gasteiger partial charge in [-0.15, -0.1) is 0 Å². The third-order valence-corrected chi connectivity index (χ3v) is 3.91. The Morgan fingerprint density at radius 1 is 1.21 bits per heavy atom. The number of nitrogens with one attached hydrogen (secondary N) is 2. The normalized spacial score (nSPS) is 13.0. The van der Waals surface area contributed by atoms with E-state index in [0.29, 0.717) is 10.8 Å². The van der Waals surface area contributed by atoms with Crippen molar-refractivity contribution in [1.29, 1.82) is 0 Å². The van der Waals surface area contributed by atoms with Crippen LogP contribution in [0.2, 0.25) is 5.02 Å². The molecule has 0 bridgehead atoms. The van der Waals surface area contributed by atoms with Gasteiger partial charge in [0.05, 0.1) is 25.8 Å². The molecule has 0 spiro atoms. The first-order valence-electron chi connectivity index (χ1n) is 7.61. The van der Waals surface area contributed by atoms with Crippen molar-refractivity contribution in [2.45, 2.75) is 19.0 Å². The quantitative estimate of drug-likeness (QED) is 0.751. The number of aliphatic hydroxyl groups is 1. The molecular weight excluding hydrogens is 328 g/mol. The topological polar surface area (TPSA) is 70.6 Å². The van der Waals surface area contributed by atoms with Crippen LogP contribution in [0.3, 0.4) is 0 Å². The zero-order valence-corrected chi connectivity index (χ0v) is 14.4. The third kappa shape index (κ3) is 4.63. The summed E-state index contributed by atoms with van der Waals surface area (Å²) >= 11 is 6.32. The van der Waals surface area contributed by atoms with Gasteiger partial charge in [0.25, 0.3) is 0 Å². The molecule has 0 heterocycles. The molecule has 2 aromatic rings. The van der Waals surface area contributed by atoms with Crippen molar-refractivity contribution in [2.75, 3.05) is 13.7 Å². The van der Waals surface area contributed by atoms with Gasteiger partial charge in [0.15, 0.2) is 0 Å². The number of rotatable bonds is 6. The maximum atomic E-state index is 12.2. The molecule has 128 valence electrons. The zero-order chi connectivity index (χ0) is 17.5. The van der Waals surface area contributed by atoms with Crippen LogP contribution < -0.4 is 15.4 Å². The largest absolute Gasteiger partial charge is 0.497 e. The fraction of sp³-hybridized carbons (Fsp3) is 0.278. The fourth-order valence-corrected chi connectivity index (χ4v) is 2.56. The number of amides is 2. The van der Waals surface area contributed by atoms with E-state index >= 15 is 0 Å². The molecule has 2 amide bonds. The van der Waals surface area contributed by atoms with Gasteiger partial charge in [-0.2, -0.15) is 0 Å². The van der Waals surface area contributed by atoms with E-state index in [1.807, 2.05) is 42.5 Å². The summed E-state index contributed by atoms with van der Waals surface area (Å²) in [7, 11) is 1.59. The summed E-state index contributed by atoms with van der Waals surface area (Å²) in [6, 6.07) is 13.6. The number of halogens is 1. The average molecular weight is 349 g/mol. The molecule has 0 saturated heterocycles. The zero-order valence-electron chi connectivity index (χ0n) is 13.6. The number of hydrogen-bond donors (Lipinski definition) is 3. The Balaban J connectivity index is 2.34. The van der Waals surface area contributed by atoms with Crippen molar-refractivity contribution in [1.82, 2.24) is 10.6 Å². The maximum Gasteiger partial charge on any atom is 0.315 e. The molecule has 0 aliphatic rings. The summed E-state index contributed by atoms with van der Waals surface area (Å²) in [6.07, 6.45) is 0. The smallest absolute Gasteiger partial charge is 0.315 e. The van der Waals surface area contributed by atoms with E-state index in [0.717, 1.165) is 11.1 Å². The van der Waals surface area contributed by atoms with Gasteiger partial charge in [-0.05, 0) is 36.2 Å². The Kier molecular flexibility index (Phi) is 6.46. The van der Waals surface area contributed by atoms with Gasteiger partial charge in [-0.25, -0.2) is 4.79 Å². The van der Waals surface area contributed by atoms with Crippen molar-refractivity contribution in [2.24, 2.45) is 0 Å². The summed E-state index contributed by atoms with van der Waals surface area (Å²) < 4.78 is 5.26. The highest BCUT2D eigenvalue weighted by atomic mass is 35.5. The lowest BCUT2D eigenvalue weighted by molar-refractivity contribution is 0.219. The summed E-state index contributed by atoms with van der Waals surface area (Å²) in [5, 5.41) is 15.2. The van der Waals surface area contributed by atoms with E-state index in [1.54, 1.807) is 20.1 Å². The Morgan fingerprint density at radius 3 is 2.62 bits per heavy atom. The molecule has 0 fully saturated rings. The number of methoxy groups -OCH3 is 1. The van der Waals surface area contributed by atoms with Gasteiger partial charge in [0.1, 0.15) is 5.75 Å². The molecule has 24 heavy (non-hydrogen) atoms. The van der Waals surface area contributed by atoms with Crippen LogP contribution in [-0.2, 0) is 0 Å². The first kappa shape index (κ1) is 18.1. The van der Waals surface area contributed by atoms with Gasteiger partial charge in [-0.3, -0.25) is 0 Å². The van der Waals surface area contributed by atoms with Crippen molar-refractivity contribution in [3.05, 3.63) is 64.7 Å². The van der Waals surface area contributed by atoms with E-state index in [4.69, 9.17) is 21.4 Å². The molecule has 2 rings (SSSR count). The van der Waals surface area contributed by atoms with Gasteiger partial charge in [-0.1, -0.05) is 41.9 Å². The number of urea groups is 1. The van der Waals surface area contributed by atoms with Crippen molar-refractivity contribution >= 4 is 17.6 Å². The van der Waals surface area contributed by atoms with E-state index < -0.39 is 6.04 Å². The van der Waals surface area contributed by atoms with Crippen LogP contribution in [0.1, 0.15) is 24.1 Å². The molecule has 3 N–H and O–H groups in total. The van der Waals surface area contributed by atoms with Crippen molar-refractivity contribution in [3.8, 4) is 5.75 Å². The van der Waals surface area contributed by atoms with Crippen LogP contribution in [-0.4, -0.2) is 30.9 Å². The first-order chi connectivity index (χ1) is 11.5. The minimum absolute atomic E-state index is 0.136. The lowest BCUT2D eigenvalue weighted by atomic mass is 9.98. The highest BCUT2D eigenvalue weighted by Gasteiger charge is 2.20. The Labute approximate surface area is 146 Å². The SMILES string of the molecule is COc1cccc(C(NC(=O)NC(C)CO)c2ccccc2Cl)c1. The molecule has 0 radical (unpaired) electrons. The number of hydrogen-bond acceptors (Lipinski definition) is 3. The van der Waals surface area contributed by atoms with Gasteiger partial charge in [0.2, 0.25) is 0 Å². The maximum absolute atomic E-state index is 12.2. The minimum atomic E-state index is -0.445. The molecular formula is C18H21ClN2O3. The third-order valence-electron chi connectivity index (χ3n) is 3.57. The molecule has 0 aliphatic carbocycles. The fourth-order valence-electron chi connectivity index (χ4n) is 2.31. The predicted molar refractivity (Wildman–Crippen MR) is 94.5 cm³/mol. The molecule has 2 aromatic carbocycles. The Hall–Kier alpha value is -2.24. The number of ether oxygens (including phenoxy) is 1. The summed E-state index contributed by atoms with van der Waals surface area (Å²) in [4.78, 5) is 12.2. The monoisotopic (exact) mass is 348 g/mol. The van der Waals surface area contributed by atoms with Gasteiger partial charge in [0, 0.05) is 5.02 Å². The molecule has 0 aromatic heterocycles. The highest BCUT2D eigenvalue weighted by molar-refractivity contribution is 6.31. The van der Waals surface area contributed by atoms with Crippen LogP contribution in [0.25, 0.3) is 0 Å². The van der Waals surface area contributed by atoms with Crippen LogP contribution in [0.5, 0.6) is 5.75 Å². The molecule has 0 saturated carbocycles. The van der Waals surface area contributed by atoms with Crippen molar-refractivity contribution in [3.63, 3.8) is 0 Å². The molecule has 5 nitrogen and oxygen atoms in total. The highest BCUT2D eigenvalue weighted by Crippen LogP contribution is 2.30. The van der Waals surface area contributed by atoms with Crippen LogP contribution in [0.4, 0.5) is 4.79 Å². The predicted octanol–water partition coefficient (Wildman–Crippen LogP) is 3.12. The van der Waals surface area contributed by atoms with Gasteiger partial charge >= 0.3 is 6.03 Å².